The van der Waals surface area contributed by atoms with Crippen LogP contribution in [0.25, 0.3) is 0 Å². The van der Waals surface area contributed by atoms with Crippen molar-refractivity contribution in [2.75, 3.05) is 0 Å². The molecule has 1 unspecified atom stereocenters. The Bertz CT molecular complexity index is 267. The molecule has 0 rings (SSSR count). The van der Waals surface area contributed by atoms with Crippen LogP contribution in [-0.2, 0) is 4.79 Å². The predicted octanol–water partition coefficient (Wildman–Crippen LogP) is 4.68. The lowest BCUT2D eigenvalue weighted by Gasteiger charge is -2.09. The van der Waals surface area contributed by atoms with Gasteiger partial charge < -0.3 is 0 Å². The van der Waals surface area contributed by atoms with Crippen LogP contribution < -0.4 is 0 Å². The summed E-state index contributed by atoms with van der Waals surface area (Å²) in [5.41, 5.74) is 2.65. The van der Waals surface area contributed by atoms with Crippen LogP contribution in [0.5, 0.6) is 0 Å². The van der Waals surface area contributed by atoms with Gasteiger partial charge >= 0.3 is 0 Å². The van der Waals surface area contributed by atoms with Gasteiger partial charge in [-0.3, -0.25) is 4.79 Å². The van der Waals surface area contributed by atoms with Crippen LogP contribution in [0, 0.1) is 5.92 Å². The van der Waals surface area contributed by atoms with Gasteiger partial charge in [0.25, 0.3) is 0 Å². The van der Waals surface area contributed by atoms with Gasteiger partial charge in [0.2, 0.25) is 0 Å². The van der Waals surface area contributed by atoms with Crippen molar-refractivity contribution in [1.82, 2.24) is 0 Å². The second kappa shape index (κ2) is 8.32. The fraction of sp³-hybridized carbons (Fsp3) is 0.667. The Hall–Kier alpha value is -0.850. The Kier molecular flexibility index (Phi) is 7.88. The molecule has 0 amide bonds. The first-order valence-corrected chi connectivity index (χ1v) is 6.25. The summed E-state index contributed by atoms with van der Waals surface area (Å²) < 4.78 is 0. The van der Waals surface area contributed by atoms with E-state index in [1.165, 1.54) is 11.1 Å². The van der Waals surface area contributed by atoms with Gasteiger partial charge in [0.05, 0.1) is 0 Å². The Morgan fingerprint density at radius 3 is 2.31 bits per heavy atom. The first-order valence-electron chi connectivity index (χ1n) is 6.25. The van der Waals surface area contributed by atoms with Crippen molar-refractivity contribution in [1.29, 1.82) is 0 Å². The number of carbonyl (C=O) groups excluding carboxylic acids is 1. The molecule has 1 nitrogen and oxygen atoms in total. The first kappa shape index (κ1) is 15.2. The number of ketones is 1. The van der Waals surface area contributed by atoms with E-state index in [1.807, 2.05) is 13.8 Å². The molecule has 0 aromatic heterocycles. The summed E-state index contributed by atoms with van der Waals surface area (Å²) in [6.07, 6.45) is 7.92. The van der Waals surface area contributed by atoms with Crippen LogP contribution in [0.2, 0.25) is 0 Å². The van der Waals surface area contributed by atoms with Crippen molar-refractivity contribution in [2.45, 2.75) is 60.3 Å². The molecule has 0 bridgehead atoms. The molecular weight excluding hydrogens is 196 g/mol. The molecule has 1 atom stereocenters. The summed E-state index contributed by atoms with van der Waals surface area (Å²) in [5.74, 6) is 0.614. The van der Waals surface area contributed by atoms with Crippen LogP contribution in [0.1, 0.15) is 60.3 Å². The van der Waals surface area contributed by atoms with Gasteiger partial charge in [-0.25, -0.2) is 0 Å². The fourth-order valence-corrected chi connectivity index (χ4v) is 1.49. The average Bonchev–Trinajstić information content (AvgIpc) is 2.24. The van der Waals surface area contributed by atoms with E-state index < -0.39 is 0 Å². The molecule has 0 aromatic rings. The Morgan fingerprint density at radius 2 is 1.81 bits per heavy atom. The van der Waals surface area contributed by atoms with Crippen LogP contribution in [0.15, 0.2) is 23.3 Å². The van der Waals surface area contributed by atoms with Gasteiger partial charge in [0, 0.05) is 12.3 Å². The van der Waals surface area contributed by atoms with Crippen molar-refractivity contribution in [3.63, 3.8) is 0 Å². The van der Waals surface area contributed by atoms with Crippen molar-refractivity contribution >= 4 is 5.78 Å². The van der Waals surface area contributed by atoms with Crippen LogP contribution in [0.3, 0.4) is 0 Å². The van der Waals surface area contributed by atoms with E-state index in [2.05, 4.69) is 32.9 Å². The van der Waals surface area contributed by atoms with E-state index in [4.69, 9.17) is 0 Å². The summed E-state index contributed by atoms with van der Waals surface area (Å²) >= 11 is 0. The SMILES string of the molecule is CC=C(C)CCC(=O)C(C)CCC=C(C)C. The summed E-state index contributed by atoms with van der Waals surface area (Å²) in [5, 5.41) is 0. The molecular formula is C15H26O. The smallest absolute Gasteiger partial charge is 0.136 e. The molecule has 0 spiro atoms. The van der Waals surface area contributed by atoms with Gasteiger partial charge in [-0.15, -0.1) is 0 Å². The molecule has 0 N–H and O–H groups in total. The molecule has 0 radical (unpaired) electrons. The molecule has 0 saturated heterocycles. The maximum absolute atomic E-state index is 11.8. The van der Waals surface area contributed by atoms with Crippen molar-refractivity contribution in [2.24, 2.45) is 5.92 Å². The zero-order valence-electron chi connectivity index (χ0n) is 11.5. The van der Waals surface area contributed by atoms with Crippen molar-refractivity contribution < 1.29 is 4.79 Å². The highest BCUT2D eigenvalue weighted by Crippen LogP contribution is 2.14. The van der Waals surface area contributed by atoms with Gasteiger partial charge in [-0.05, 0) is 47.0 Å². The minimum atomic E-state index is 0.209. The monoisotopic (exact) mass is 222 g/mol. The van der Waals surface area contributed by atoms with Gasteiger partial charge in [-0.1, -0.05) is 30.2 Å². The molecule has 0 aromatic carbocycles. The molecule has 1 heteroatoms. The number of Topliss-reactive ketones (excluding diaryl/α,β-unsaturated/α-hetero) is 1. The van der Waals surface area contributed by atoms with Crippen molar-refractivity contribution in [3.05, 3.63) is 23.3 Å². The number of hydrogen-bond donors (Lipinski definition) is 0. The van der Waals surface area contributed by atoms with E-state index in [0.29, 0.717) is 12.2 Å². The third kappa shape index (κ3) is 7.44. The number of hydrogen-bond acceptors (Lipinski definition) is 1. The second-order valence-electron chi connectivity index (χ2n) is 4.86. The lowest BCUT2D eigenvalue weighted by atomic mass is 9.95. The highest BCUT2D eigenvalue weighted by Gasteiger charge is 2.11. The molecule has 0 aliphatic rings. The molecule has 0 saturated carbocycles. The maximum Gasteiger partial charge on any atom is 0.136 e. The zero-order chi connectivity index (χ0) is 12.6. The van der Waals surface area contributed by atoms with Crippen LogP contribution in [-0.4, -0.2) is 5.78 Å². The highest BCUT2D eigenvalue weighted by atomic mass is 16.1. The Labute approximate surface area is 101 Å². The molecule has 16 heavy (non-hydrogen) atoms. The fourth-order valence-electron chi connectivity index (χ4n) is 1.49. The number of carbonyl (C=O) groups is 1. The Balaban J connectivity index is 3.86. The zero-order valence-corrected chi connectivity index (χ0v) is 11.5. The third-order valence-corrected chi connectivity index (χ3v) is 2.96. The summed E-state index contributed by atoms with van der Waals surface area (Å²) in [4.78, 5) is 11.8. The topological polar surface area (TPSA) is 17.1 Å². The summed E-state index contributed by atoms with van der Waals surface area (Å²) in [6, 6.07) is 0. The predicted molar refractivity (Wildman–Crippen MR) is 71.5 cm³/mol. The van der Waals surface area contributed by atoms with Crippen molar-refractivity contribution in [3.8, 4) is 0 Å². The highest BCUT2D eigenvalue weighted by molar-refractivity contribution is 5.80. The molecule has 0 heterocycles. The average molecular weight is 222 g/mol. The lowest BCUT2D eigenvalue weighted by molar-refractivity contribution is -0.122. The molecule has 0 aliphatic heterocycles. The number of allylic oxidation sites excluding steroid dienone is 4. The Morgan fingerprint density at radius 1 is 1.19 bits per heavy atom. The number of rotatable bonds is 7. The van der Waals surface area contributed by atoms with E-state index in [9.17, 15) is 4.79 Å². The molecule has 0 aliphatic carbocycles. The summed E-state index contributed by atoms with van der Waals surface area (Å²) in [6.45, 7) is 10.4. The van der Waals surface area contributed by atoms with Crippen LogP contribution >= 0.6 is 0 Å². The van der Waals surface area contributed by atoms with E-state index in [-0.39, 0.29) is 5.92 Å². The standard InChI is InChI=1S/C15H26O/c1-6-13(4)10-11-15(16)14(5)9-7-8-12(2)3/h6,8,14H,7,9-11H2,1-5H3. The third-order valence-electron chi connectivity index (χ3n) is 2.96. The van der Waals surface area contributed by atoms with E-state index >= 15 is 0 Å². The largest absolute Gasteiger partial charge is 0.299 e. The van der Waals surface area contributed by atoms with E-state index in [1.54, 1.807) is 0 Å². The van der Waals surface area contributed by atoms with Crippen LogP contribution in [0.4, 0.5) is 0 Å². The van der Waals surface area contributed by atoms with Gasteiger partial charge in [0.15, 0.2) is 0 Å². The second-order valence-corrected chi connectivity index (χ2v) is 4.86. The normalized spacial score (nSPS) is 13.4. The lowest BCUT2D eigenvalue weighted by Crippen LogP contribution is -2.10. The van der Waals surface area contributed by atoms with Gasteiger partial charge in [-0.2, -0.15) is 0 Å². The molecule has 0 fully saturated rings. The minimum Gasteiger partial charge on any atom is -0.299 e. The maximum atomic E-state index is 11.8. The minimum absolute atomic E-state index is 0.209. The van der Waals surface area contributed by atoms with Gasteiger partial charge in [0.1, 0.15) is 5.78 Å². The summed E-state index contributed by atoms with van der Waals surface area (Å²) in [7, 11) is 0. The molecule has 92 valence electrons. The quantitative estimate of drug-likeness (QED) is 0.571. The first-order chi connectivity index (χ1) is 7.47. The van der Waals surface area contributed by atoms with E-state index in [0.717, 1.165) is 19.3 Å².